The van der Waals surface area contributed by atoms with E-state index >= 15 is 0 Å². The Morgan fingerprint density at radius 3 is 2.91 bits per heavy atom. The molecule has 1 aliphatic carbocycles. The maximum Gasteiger partial charge on any atom is 0.409 e. The number of allylic oxidation sites excluding steroid dienone is 1. The highest BCUT2D eigenvalue weighted by Crippen LogP contribution is 2.46. The number of hydrogen-bond donors (Lipinski definition) is 0. The van der Waals surface area contributed by atoms with Crippen LogP contribution >= 0.6 is 0 Å². The highest BCUT2D eigenvalue weighted by Gasteiger charge is 2.47. The van der Waals surface area contributed by atoms with Crippen molar-refractivity contribution >= 4 is 6.09 Å². The first-order chi connectivity index (χ1) is 11.1. The van der Waals surface area contributed by atoms with Gasteiger partial charge in [-0.2, -0.15) is 0 Å². The Labute approximate surface area is 137 Å². The molecule has 120 valence electrons. The first-order valence-corrected chi connectivity index (χ1v) is 8.12. The summed E-state index contributed by atoms with van der Waals surface area (Å²) >= 11 is 0. The minimum Gasteiger partial charge on any atom is -0.453 e. The largest absolute Gasteiger partial charge is 0.453 e. The van der Waals surface area contributed by atoms with Gasteiger partial charge in [0.05, 0.1) is 7.11 Å². The Hall–Kier alpha value is -2.28. The molecule has 0 bridgehead atoms. The highest BCUT2D eigenvalue weighted by atomic mass is 16.5. The van der Waals surface area contributed by atoms with Gasteiger partial charge in [-0.25, -0.2) is 9.78 Å². The maximum atomic E-state index is 12.0. The van der Waals surface area contributed by atoms with Crippen molar-refractivity contribution in [3.63, 3.8) is 0 Å². The number of carbonyl (C=O) groups is 1. The summed E-state index contributed by atoms with van der Waals surface area (Å²) in [5, 5.41) is 0. The quantitative estimate of drug-likeness (QED) is 0.689. The molecule has 1 aromatic heterocycles. The van der Waals surface area contributed by atoms with E-state index in [0.29, 0.717) is 0 Å². The second-order valence-corrected chi connectivity index (χ2v) is 6.36. The number of ether oxygens (including phenoxy) is 1. The lowest BCUT2D eigenvalue weighted by Gasteiger charge is -2.52. The molecule has 0 radical (unpaired) electrons. The molecule has 1 saturated heterocycles. The predicted octanol–water partition coefficient (Wildman–Crippen LogP) is 3.45. The summed E-state index contributed by atoms with van der Waals surface area (Å²) in [6, 6.07) is 5.86. The summed E-state index contributed by atoms with van der Waals surface area (Å²) in [5.41, 5.74) is 3.07. The van der Waals surface area contributed by atoms with E-state index in [1.165, 1.54) is 19.1 Å². The van der Waals surface area contributed by atoms with Crippen LogP contribution in [0.2, 0.25) is 0 Å². The molecule has 0 unspecified atom stereocenters. The highest BCUT2D eigenvalue weighted by molar-refractivity contribution is 5.69. The predicted molar refractivity (Wildman–Crippen MR) is 88.9 cm³/mol. The smallest absolute Gasteiger partial charge is 0.409 e. The van der Waals surface area contributed by atoms with Crippen LogP contribution in [0.3, 0.4) is 0 Å². The number of hydrogen-bond acceptors (Lipinski definition) is 3. The van der Waals surface area contributed by atoms with Crippen LogP contribution in [0.5, 0.6) is 0 Å². The van der Waals surface area contributed by atoms with Crippen molar-refractivity contribution in [2.24, 2.45) is 0 Å². The van der Waals surface area contributed by atoms with Gasteiger partial charge in [0, 0.05) is 17.8 Å². The standard InChI is InChI=1S/C19H22N2O2/c1-15-6-3-8-17(20-15)9-4-7-16-10-13-21(18(22)23-2)19(14-16)11-5-12-19/h3,6-8H,5,10-14H2,1-2H3. The van der Waals surface area contributed by atoms with Gasteiger partial charge in [0.2, 0.25) is 0 Å². The minimum atomic E-state index is -0.196. The topological polar surface area (TPSA) is 42.4 Å². The van der Waals surface area contributed by atoms with Gasteiger partial charge in [0.1, 0.15) is 5.69 Å². The Bertz CT molecular complexity index is 693. The molecular weight excluding hydrogens is 288 g/mol. The molecule has 4 nitrogen and oxygen atoms in total. The number of aromatic nitrogens is 1. The molecule has 3 rings (SSSR count). The molecule has 1 amide bonds. The average molecular weight is 310 g/mol. The molecule has 2 fully saturated rings. The van der Waals surface area contributed by atoms with E-state index < -0.39 is 0 Å². The van der Waals surface area contributed by atoms with Crippen molar-refractivity contribution in [3.05, 3.63) is 41.2 Å². The van der Waals surface area contributed by atoms with Gasteiger partial charge in [-0.1, -0.05) is 17.6 Å². The Balaban J connectivity index is 1.72. The van der Waals surface area contributed by atoms with E-state index in [4.69, 9.17) is 4.74 Å². The van der Waals surface area contributed by atoms with Crippen LogP contribution in [0.1, 0.15) is 43.5 Å². The molecule has 23 heavy (non-hydrogen) atoms. The third-order valence-corrected chi connectivity index (χ3v) is 4.83. The van der Waals surface area contributed by atoms with Gasteiger partial charge in [-0.05, 0) is 63.2 Å². The van der Waals surface area contributed by atoms with Crippen LogP contribution in [0.25, 0.3) is 0 Å². The van der Waals surface area contributed by atoms with Gasteiger partial charge in [0.15, 0.2) is 0 Å². The summed E-state index contributed by atoms with van der Waals surface area (Å²) in [4.78, 5) is 18.3. The third kappa shape index (κ3) is 3.24. The van der Waals surface area contributed by atoms with Crippen LogP contribution in [-0.2, 0) is 4.74 Å². The lowest BCUT2D eigenvalue weighted by molar-refractivity contribution is 0.00389. The Kier molecular flexibility index (Phi) is 4.38. The van der Waals surface area contributed by atoms with E-state index in [9.17, 15) is 4.79 Å². The number of aryl methyl sites for hydroxylation is 1. The fourth-order valence-corrected chi connectivity index (χ4v) is 3.47. The first-order valence-electron chi connectivity index (χ1n) is 8.12. The molecule has 2 heterocycles. The van der Waals surface area contributed by atoms with Crippen molar-refractivity contribution in [2.75, 3.05) is 13.7 Å². The number of amides is 1. The molecule has 4 heteroatoms. The van der Waals surface area contributed by atoms with Crippen LogP contribution in [0, 0.1) is 18.8 Å². The number of nitrogens with zero attached hydrogens (tertiary/aromatic N) is 2. The van der Waals surface area contributed by atoms with E-state index in [-0.39, 0.29) is 11.6 Å². The van der Waals surface area contributed by atoms with Gasteiger partial charge < -0.3 is 9.64 Å². The Morgan fingerprint density at radius 2 is 2.26 bits per heavy atom. The Morgan fingerprint density at radius 1 is 1.43 bits per heavy atom. The van der Waals surface area contributed by atoms with Crippen LogP contribution < -0.4 is 0 Å². The van der Waals surface area contributed by atoms with Gasteiger partial charge in [-0.15, -0.1) is 0 Å². The fourth-order valence-electron chi connectivity index (χ4n) is 3.47. The molecule has 2 aliphatic rings. The molecule has 0 atom stereocenters. The zero-order chi connectivity index (χ0) is 16.3. The van der Waals surface area contributed by atoms with Gasteiger partial charge in [0.25, 0.3) is 0 Å². The lowest BCUT2D eigenvalue weighted by Crippen LogP contribution is -2.58. The molecule has 0 N–H and O–H groups in total. The number of carbonyl (C=O) groups excluding carboxylic acids is 1. The summed E-state index contributed by atoms with van der Waals surface area (Å²) in [6.07, 6.45) is 6.90. The summed E-state index contributed by atoms with van der Waals surface area (Å²) in [6.45, 7) is 2.69. The van der Waals surface area contributed by atoms with E-state index in [1.54, 1.807) is 0 Å². The van der Waals surface area contributed by atoms with E-state index in [0.717, 1.165) is 43.6 Å². The van der Waals surface area contributed by atoms with Gasteiger partial charge >= 0.3 is 6.09 Å². The van der Waals surface area contributed by atoms with Crippen LogP contribution in [0.4, 0.5) is 4.79 Å². The summed E-state index contributed by atoms with van der Waals surface area (Å²) in [7, 11) is 1.46. The average Bonchev–Trinajstić information content (AvgIpc) is 2.52. The second kappa shape index (κ2) is 6.45. The number of likely N-dealkylation sites (tertiary alicyclic amines) is 1. The zero-order valence-electron chi connectivity index (χ0n) is 13.8. The van der Waals surface area contributed by atoms with Crippen molar-refractivity contribution in [1.82, 2.24) is 9.88 Å². The molecular formula is C19H22N2O2. The lowest BCUT2D eigenvalue weighted by atomic mass is 9.69. The van der Waals surface area contributed by atoms with Crippen LogP contribution in [-0.4, -0.2) is 35.2 Å². The molecule has 1 spiro atoms. The third-order valence-electron chi connectivity index (χ3n) is 4.83. The zero-order valence-corrected chi connectivity index (χ0v) is 13.8. The minimum absolute atomic E-state index is 0.0273. The molecule has 0 aromatic carbocycles. The number of pyridine rings is 1. The normalized spacial score (nSPS) is 20.6. The first kappa shape index (κ1) is 15.6. The van der Waals surface area contributed by atoms with Crippen LogP contribution in [0.15, 0.2) is 29.8 Å². The number of piperidine rings is 1. The molecule has 1 aliphatic heterocycles. The maximum absolute atomic E-state index is 12.0. The number of rotatable bonds is 0. The van der Waals surface area contributed by atoms with Crippen molar-refractivity contribution in [2.45, 2.75) is 44.6 Å². The second-order valence-electron chi connectivity index (χ2n) is 6.36. The van der Waals surface area contributed by atoms with E-state index in [2.05, 4.69) is 16.8 Å². The number of methoxy groups -OCH3 is 1. The van der Waals surface area contributed by atoms with Crippen molar-refractivity contribution in [1.29, 1.82) is 0 Å². The molecule has 1 saturated carbocycles. The van der Waals surface area contributed by atoms with E-state index in [1.807, 2.05) is 36.1 Å². The SMILES string of the molecule is COC(=O)N1CCC(=CC#Cc2cccc(C)n2)CC12CCC2. The van der Waals surface area contributed by atoms with Crippen molar-refractivity contribution < 1.29 is 9.53 Å². The monoisotopic (exact) mass is 310 g/mol. The fraction of sp³-hybridized carbons (Fsp3) is 0.474. The summed E-state index contributed by atoms with van der Waals surface area (Å²) in [5.74, 6) is 6.23. The van der Waals surface area contributed by atoms with Gasteiger partial charge in [-0.3, -0.25) is 0 Å². The van der Waals surface area contributed by atoms with Crippen molar-refractivity contribution in [3.8, 4) is 11.8 Å². The molecule has 1 aromatic rings. The summed E-state index contributed by atoms with van der Waals surface area (Å²) < 4.78 is 4.94.